The second-order valence-electron chi connectivity index (χ2n) is 7.74. The van der Waals surface area contributed by atoms with E-state index in [4.69, 9.17) is 5.73 Å². The summed E-state index contributed by atoms with van der Waals surface area (Å²) in [5.74, 6) is 0.474. The molecule has 4 aromatic carbocycles. The minimum absolute atomic E-state index is 0.474. The van der Waals surface area contributed by atoms with E-state index in [0.717, 1.165) is 44.8 Å². The molecule has 0 saturated carbocycles. The first kappa shape index (κ1) is 17.5. The lowest BCUT2D eigenvalue weighted by atomic mass is 9.93. The van der Waals surface area contributed by atoms with Crippen LogP contribution < -0.4 is 11.1 Å². The molecule has 0 spiro atoms. The van der Waals surface area contributed by atoms with E-state index >= 15 is 0 Å². The highest BCUT2D eigenvalue weighted by Gasteiger charge is 2.14. The summed E-state index contributed by atoms with van der Waals surface area (Å²) in [5.41, 5.74) is 12.3. The maximum atomic E-state index is 11.7. The number of nitrogen functional groups attached to an aromatic ring is 1. The molecule has 0 aromatic heterocycles. The molecule has 3 heteroatoms. The van der Waals surface area contributed by atoms with Gasteiger partial charge < -0.3 is 11.1 Å². The number of fused-ring (bicyclic) bond motifs is 3. The van der Waals surface area contributed by atoms with Gasteiger partial charge in [0.1, 0.15) is 0 Å². The minimum atomic E-state index is 0.474. The fourth-order valence-corrected chi connectivity index (χ4v) is 4.40. The number of anilines is 2. The van der Waals surface area contributed by atoms with Crippen LogP contribution in [0.25, 0.3) is 27.6 Å². The fourth-order valence-electron chi connectivity index (χ4n) is 4.40. The van der Waals surface area contributed by atoms with Crippen LogP contribution in [0.3, 0.4) is 0 Å². The van der Waals surface area contributed by atoms with Crippen molar-refractivity contribution in [2.24, 2.45) is 0 Å². The van der Waals surface area contributed by atoms with Crippen molar-refractivity contribution in [2.45, 2.75) is 19.4 Å². The van der Waals surface area contributed by atoms with E-state index in [1.54, 1.807) is 0 Å². The van der Waals surface area contributed by atoms with Crippen molar-refractivity contribution in [1.29, 1.82) is 0 Å². The number of carbonyl (C=O) groups excluding carboxylic acids is 1. The Balaban J connectivity index is 1.62. The van der Waals surface area contributed by atoms with E-state index in [0.29, 0.717) is 18.0 Å². The Bertz CT molecular complexity index is 1300. The first-order valence-corrected chi connectivity index (χ1v) is 9.89. The fraction of sp³-hybridized carbons (Fsp3) is 0.115. The van der Waals surface area contributed by atoms with E-state index in [1.807, 2.05) is 24.3 Å². The molecule has 1 aliphatic rings. The number of aldehydes is 1. The molecule has 4 aromatic rings. The molecule has 0 fully saturated rings. The topological polar surface area (TPSA) is 55.1 Å². The van der Waals surface area contributed by atoms with Gasteiger partial charge in [-0.05, 0) is 74.5 Å². The molecule has 0 radical (unpaired) electrons. The summed E-state index contributed by atoms with van der Waals surface area (Å²) in [4.78, 5) is 11.7. The van der Waals surface area contributed by atoms with E-state index in [9.17, 15) is 4.79 Å². The SMILES string of the molecule is CC1C=Cc2cc(NCc3c4ccc(N)cc4cc4cccc(C=O)c34)ccc21. The number of carbonyl (C=O) groups is 1. The largest absolute Gasteiger partial charge is 0.399 e. The highest BCUT2D eigenvalue weighted by molar-refractivity contribution is 6.09. The van der Waals surface area contributed by atoms with Crippen LogP contribution >= 0.6 is 0 Å². The van der Waals surface area contributed by atoms with Gasteiger partial charge in [0, 0.05) is 23.5 Å². The summed E-state index contributed by atoms with van der Waals surface area (Å²) in [7, 11) is 0. The van der Waals surface area contributed by atoms with E-state index < -0.39 is 0 Å². The highest BCUT2D eigenvalue weighted by atomic mass is 16.1. The second-order valence-corrected chi connectivity index (χ2v) is 7.74. The summed E-state index contributed by atoms with van der Waals surface area (Å²) in [5, 5.41) is 7.83. The summed E-state index contributed by atoms with van der Waals surface area (Å²) < 4.78 is 0. The molecule has 3 nitrogen and oxygen atoms in total. The van der Waals surface area contributed by atoms with Crippen molar-refractivity contribution in [3.05, 3.63) is 89.0 Å². The van der Waals surface area contributed by atoms with Crippen LogP contribution in [0.2, 0.25) is 0 Å². The smallest absolute Gasteiger partial charge is 0.150 e. The van der Waals surface area contributed by atoms with Crippen molar-refractivity contribution in [3.63, 3.8) is 0 Å². The van der Waals surface area contributed by atoms with Crippen LogP contribution in [0.15, 0.2) is 66.7 Å². The average Bonchev–Trinajstić information content (AvgIpc) is 3.10. The number of benzene rings is 4. The van der Waals surface area contributed by atoms with Gasteiger partial charge in [-0.25, -0.2) is 0 Å². The third-order valence-electron chi connectivity index (χ3n) is 5.88. The maximum Gasteiger partial charge on any atom is 0.150 e. The molecule has 5 rings (SSSR count). The van der Waals surface area contributed by atoms with Crippen LogP contribution in [0, 0.1) is 0 Å². The van der Waals surface area contributed by atoms with Crippen molar-refractivity contribution >= 4 is 45.3 Å². The predicted octanol–water partition coefficient (Wildman–Crippen LogP) is 6.13. The lowest BCUT2D eigenvalue weighted by Gasteiger charge is -2.16. The zero-order valence-electron chi connectivity index (χ0n) is 16.3. The maximum absolute atomic E-state index is 11.7. The lowest BCUT2D eigenvalue weighted by Crippen LogP contribution is -2.03. The van der Waals surface area contributed by atoms with Crippen molar-refractivity contribution in [2.75, 3.05) is 11.1 Å². The molecule has 1 aliphatic carbocycles. The molecule has 0 aliphatic heterocycles. The average molecular weight is 378 g/mol. The summed E-state index contributed by atoms with van der Waals surface area (Å²) in [6.45, 7) is 2.84. The van der Waals surface area contributed by atoms with E-state index in [1.165, 1.54) is 11.1 Å². The van der Waals surface area contributed by atoms with E-state index in [-0.39, 0.29) is 0 Å². The molecule has 0 bridgehead atoms. The Labute approximate surface area is 169 Å². The molecule has 1 atom stereocenters. The zero-order chi connectivity index (χ0) is 20.0. The zero-order valence-corrected chi connectivity index (χ0v) is 16.3. The van der Waals surface area contributed by atoms with Crippen molar-refractivity contribution < 1.29 is 4.79 Å². The Morgan fingerprint density at radius 3 is 2.79 bits per heavy atom. The molecule has 0 amide bonds. The number of allylic oxidation sites excluding steroid dienone is 1. The third-order valence-corrected chi connectivity index (χ3v) is 5.88. The predicted molar refractivity (Wildman–Crippen MR) is 122 cm³/mol. The number of hydrogen-bond acceptors (Lipinski definition) is 3. The van der Waals surface area contributed by atoms with Gasteiger partial charge in [-0.3, -0.25) is 4.79 Å². The van der Waals surface area contributed by atoms with Gasteiger partial charge in [-0.2, -0.15) is 0 Å². The summed E-state index contributed by atoms with van der Waals surface area (Å²) >= 11 is 0. The molecular weight excluding hydrogens is 356 g/mol. The number of rotatable bonds is 4. The monoisotopic (exact) mass is 378 g/mol. The second kappa shape index (κ2) is 6.78. The lowest BCUT2D eigenvalue weighted by molar-refractivity contribution is 0.112. The van der Waals surface area contributed by atoms with Crippen molar-refractivity contribution in [1.82, 2.24) is 0 Å². The first-order valence-electron chi connectivity index (χ1n) is 9.89. The first-order chi connectivity index (χ1) is 14.1. The highest BCUT2D eigenvalue weighted by Crippen LogP contribution is 2.34. The number of nitrogens with one attached hydrogen (secondary N) is 1. The Morgan fingerprint density at radius 2 is 1.93 bits per heavy atom. The summed E-state index contributed by atoms with van der Waals surface area (Å²) in [6, 6.07) is 20.5. The van der Waals surface area contributed by atoms with Crippen LogP contribution in [0.1, 0.15) is 39.9 Å². The van der Waals surface area contributed by atoms with Gasteiger partial charge in [-0.15, -0.1) is 0 Å². The quantitative estimate of drug-likeness (QED) is 0.255. The minimum Gasteiger partial charge on any atom is -0.399 e. The molecular formula is C26H22N2O. The van der Waals surface area contributed by atoms with Crippen LogP contribution in [-0.2, 0) is 6.54 Å². The molecule has 0 heterocycles. The van der Waals surface area contributed by atoms with Gasteiger partial charge in [-0.1, -0.05) is 49.4 Å². The Hall–Kier alpha value is -3.59. The molecule has 0 saturated heterocycles. The molecule has 1 unspecified atom stereocenters. The number of hydrogen-bond donors (Lipinski definition) is 2. The summed E-state index contributed by atoms with van der Waals surface area (Å²) in [6.07, 6.45) is 5.36. The van der Waals surface area contributed by atoms with Gasteiger partial charge in [0.25, 0.3) is 0 Å². The molecule has 142 valence electrons. The van der Waals surface area contributed by atoms with E-state index in [2.05, 4.69) is 60.8 Å². The van der Waals surface area contributed by atoms with Crippen LogP contribution in [0.4, 0.5) is 11.4 Å². The third kappa shape index (κ3) is 2.95. The normalized spacial score (nSPS) is 15.0. The van der Waals surface area contributed by atoms with Crippen LogP contribution in [-0.4, -0.2) is 6.29 Å². The Kier molecular flexibility index (Phi) is 4.09. The Morgan fingerprint density at radius 1 is 1.03 bits per heavy atom. The van der Waals surface area contributed by atoms with Gasteiger partial charge >= 0.3 is 0 Å². The number of nitrogens with two attached hydrogens (primary N) is 1. The standard InChI is InChI=1S/C26H22N2O/c1-16-5-6-17-13-22(8-10-23(16)17)28-14-25-24-9-7-21(27)12-20(24)11-18-3-2-4-19(15-29)26(18)25/h2-13,15-16,28H,14,27H2,1H3. The van der Waals surface area contributed by atoms with Crippen LogP contribution in [0.5, 0.6) is 0 Å². The van der Waals surface area contributed by atoms with Gasteiger partial charge in [0.15, 0.2) is 6.29 Å². The van der Waals surface area contributed by atoms with Crippen molar-refractivity contribution in [3.8, 4) is 0 Å². The van der Waals surface area contributed by atoms with Gasteiger partial charge in [0.05, 0.1) is 0 Å². The van der Waals surface area contributed by atoms with Gasteiger partial charge in [0.2, 0.25) is 0 Å². The molecule has 29 heavy (non-hydrogen) atoms. The molecule has 3 N–H and O–H groups in total.